The molecule has 0 unspecified atom stereocenters. The van der Waals surface area contributed by atoms with E-state index < -0.39 is 6.02 Å². The normalized spacial score (nSPS) is 11.5. The maximum absolute atomic E-state index is 12.1. The molecule has 0 aliphatic rings. The number of tetrazole rings is 1. The quantitative estimate of drug-likeness (QED) is 0.543. The van der Waals surface area contributed by atoms with Crippen LogP contribution in [0.3, 0.4) is 0 Å². The van der Waals surface area contributed by atoms with Gasteiger partial charge in [0.15, 0.2) is 0 Å². The van der Waals surface area contributed by atoms with E-state index in [9.17, 15) is 5.11 Å². The second kappa shape index (κ2) is 6.57. The number of rotatable bonds is 3. The van der Waals surface area contributed by atoms with Crippen LogP contribution in [0.25, 0.3) is 11.4 Å². The second-order valence-electron chi connectivity index (χ2n) is 4.81. The van der Waals surface area contributed by atoms with Crippen LogP contribution in [-0.4, -0.2) is 26.6 Å². The summed E-state index contributed by atoms with van der Waals surface area (Å²) in [6, 6.07) is 12.3. The lowest BCUT2D eigenvalue weighted by Crippen LogP contribution is -2.26. The van der Waals surface area contributed by atoms with Crippen molar-refractivity contribution in [3.63, 3.8) is 0 Å². The lowest BCUT2D eigenvalue weighted by atomic mass is 10.2. The number of halogens is 1. The Labute approximate surface area is 140 Å². The minimum atomic E-state index is -0.470. The number of benzene rings is 2. The highest BCUT2D eigenvalue weighted by Gasteiger charge is 2.09. The van der Waals surface area contributed by atoms with Gasteiger partial charge in [-0.1, -0.05) is 28.1 Å². The molecule has 3 rings (SSSR count). The van der Waals surface area contributed by atoms with Crippen LogP contribution in [0.2, 0.25) is 0 Å². The average molecular weight is 372 g/mol. The molecule has 0 atom stereocenters. The molecule has 0 aliphatic heterocycles. The molecular weight excluding hydrogens is 360 g/mol. The van der Waals surface area contributed by atoms with Crippen LogP contribution in [0.15, 0.2) is 51.9 Å². The number of nitrogens with zero attached hydrogens (tertiary/aromatic N) is 4. The number of aryl methyl sites for hydroxylation is 1. The molecule has 0 spiro atoms. The van der Waals surface area contributed by atoms with Crippen molar-refractivity contribution in [1.82, 2.24) is 20.6 Å². The Bertz CT molecular complexity index is 847. The van der Waals surface area contributed by atoms with Gasteiger partial charge in [-0.25, -0.2) is 4.99 Å². The first kappa shape index (κ1) is 15.2. The lowest BCUT2D eigenvalue weighted by molar-refractivity contribution is -0.214. The topological polar surface area (TPSA) is 102 Å². The van der Waals surface area contributed by atoms with Crippen molar-refractivity contribution in [3.05, 3.63) is 52.5 Å². The van der Waals surface area contributed by atoms with Crippen molar-refractivity contribution in [3.8, 4) is 11.4 Å². The molecule has 7 nitrogen and oxygen atoms in total. The third-order valence-electron chi connectivity index (χ3n) is 3.04. The summed E-state index contributed by atoms with van der Waals surface area (Å²) in [5.74, 6) is 0.369. The van der Waals surface area contributed by atoms with E-state index in [1.807, 2.05) is 31.2 Å². The molecule has 0 bridgehead atoms. The van der Waals surface area contributed by atoms with Crippen LogP contribution < -0.4 is 10.4 Å². The fourth-order valence-electron chi connectivity index (χ4n) is 2.04. The Kier molecular flexibility index (Phi) is 4.33. The molecule has 116 valence electrons. The summed E-state index contributed by atoms with van der Waals surface area (Å²) in [5, 5.41) is 28.7. The van der Waals surface area contributed by atoms with Crippen molar-refractivity contribution >= 4 is 33.3 Å². The minimum Gasteiger partial charge on any atom is -0.846 e. The number of hydrogen-bond acceptors (Lipinski definition) is 5. The smallest absolute Gasteiger partial charge is 0.206 e. The maximum Gasteiger partial charge on any atom is 0.206 e. The molecule has 2 N–H and O–H groups in total. The molecule has 0 radical (unpaired) electrons. The number of anilines is 1. The number of aromatic nitrogens is 4. The lowest BCUT2D eigenvalue weighted by Gasteiger charge is -2.15. The van der Waals surface area contributed by atoms with E-state index in [4.69, 9.17) is 0 Å². The molecule has 0 amide bonds. The van der Waals surface area contributed by atoms with E-state index in [0.29, 0.717) is 22.8 Å². The first-order valence-electron chi connectivity index (χ1n) is 6.74. The van der Waals surface area contributed by atoms with E-state index in [-0.39, 0.29) is 0 Å². The Morgan fingerprint density at radius 3 is 2.87 bits per heavy atom. The van der Waals surface area contributed by atoms with Gasteiger partial charge in [0.25, 0.3) is 0 Å². The van der Waals surface area contributed by atoms with E-state index in [1.165, 1.54) is 0 Å². The molecule has 0 aliphatic carbocycles. The second-order valence-corrected chi connectivity index (χ2v) is 5.72. The van der Waals surface area contributed by atoms with Gasteiger partial charge in [-0.15, -0.1) is 10.2 Å². The molecule has 2 aromatic carbocycles. The largest absolute Gasteiger partial charge is 0.846 e. The Balaban J connectivity index is 1.92. The zero-order valence-electron chi connectivity index (χ0n) is 12.1. The number of aromatic amines is 1. The predicted molar refractivity (Wildman–Crippen MR) is 89.2 cm³/mol. The fraction of sp³-hybridized carbons (Fsp3) is 0.0667. The average Bonchev–Trinajstić information content (AvgIpc) is 3.03. The van der Waals surface area contributed by atoms with Gasteiger partial charge in [-0.05, 0) is 48.0 Å². The van der Waals surface area contributed by atoms with Crippen LogP contribution in [0.4, 0.5) is 11.4 Å². The highest BCUT2D eigenvalue weighted by Crippen LogP contribution is 2.30. The van der Waals surface area contributed by atoms with Gasteiger partial charge in [-0.3, -0.25) is 0 Å². The Morgan fingerprint density at radius 2 is 2.13 bits per heavy atom. The van der Waals surface area contributed by atoms with Gasteiger partial charge in [0, 0.05) is 15.7 Å². The number of nitrogens with one attached hydrogen (secondary N) is 2. The number of H-pyrrole nitrogens is 1. The summed E-state index contributed by atoms with van der Waals surface area (Å²) in [6.45, 7) is 1.95. The number of amidine groups is 1. The van der Waals surface area contributed by atoms with E-state index in [1.54, 1.807) is 18.2 Å². The summed E-state index contributed by atoms with van der Waals surface area (Å²) >= 11 is 3.38. The summed E-state index contributed by atoms with van der Waals surface area (Å²) < 4.78 is 0.829. The summed E-state index contributed by atoms with van der Waals surface area (Å²) in [4.78, 5) is 4.09. The summed E-state index contributed by atoms with van der Waals surface area (Å²) in [5.41, 5.74) is 2.81. The molecule has 1 heterocycles. The molecule has 3 aromatic rings. The molecule has 0 saturated carbocycles. The van der Waals surface area contributed by atoms with E-state index in [2.05, 4.69) is 46.9 Å². The number of hydrogen-bond donors (Lipinski definition) is 2. The SMILES string of the molecule is Cc1cccc(NC([O-])=Nc2ccc(Br)cc2-c2nn[nH]n2)c1. The third-order valence-corrected chi connectivity index (χ3v) is 3.53. The van der Waals surface area contributed by atoms with Gasteiger partial charge in [0.2, 0.25) is 5.82 Å². The van der Waals surface area contributed by atoms with Gasteiger partial charge in [0.05, 0.1) is 11.7 Å². The van der Waals surface area contributed by atoms with Gasteiger partial charge in [0.1, 0.15) is 0 Å². The standard InChI is InChI=1S/C15H13BrN6O/c1-9-3-2-4-11(7-9)17-15(23)18-13-6-5-10(16)8-12(13)14-19-21-22-20-14/h2-8H,1H3,(H2,17,18,23)(H,19,20,21,22)/p-1. The van der Waals surface area contributed by atoms with E-state index in [0.717, 1.165) is 10.0 Å². The molecule has 0 fully saturated rings. The Hall–Kier alpha value is -2.74. The first-order chi connectivity index (χ1) is 11.1. The zero-order valence-corrected chi connectivity index (χ0v) is 13.7. The van der Waals surface area contributed by atoms with Crippen molar-refractivity contribution in [2.45, 2.75) is 6.92 Å². The van der Waals surface area contributed by atoms with Crippen LogP contribution in [-0.2, 0) is 0 Å². The fourth-order valence-corrected chi connectivity index (χ4v) is 2.41. The number of aliphatic imine (C=N–C) groups is 1. The third kappa shape index (κ3) is 3.72. The summed E-state index contributed by atoms with van der Waals surface area (Å²) in [7, 11) is 0. The Morgan fingerprint density at radius 1 is 1.26 bits per heavy atom. The van der Waals surface area contributed by atoms with Gasteiger partial charge in [-0.2, -0.15) is 5.21 Å². The highest BCUT2D eigenvalue weighted by molar-refractivity contribution is 9.10. The van der Waals surface area contributed by atoms with Crippen molar-refractivity contribution in [2.75, 3.05) is 5.32 Å². The molecule has 8 heteroatoms. The maximum atomic E-state index is 12.1. The van der Waals surface area contributed by atoms with Crippen LogP contribution in [0.1, 0.15) is 5.56 Å². The van der Waals surface area contributed by atoms with Crippen molar-refractivity contribution in [1.29, 1.82) is 0 Å². The zero-order chi connectivity index (χ0) is 16.2. The van der Waals surface area contributed by atoms with Crippen LogP contribution in [0, 0.1) is 6.92 Å². The molecule has 0 saturated heterocycles. The monoisotopic (exact) mass is 371 g/mol. The van der Waals surface area contributed by atoms with E-state index >= 15 is 0 Å². The van der Waals surface area contributed by atoms with Gasteiger partial charge >= 0.3 is 0 Å². The van der Waals surface area contributed by atoms with Gasteiger partial charge < -0.3 is 10.4 Å². The van der Waals surface area contributed by atoms with Crippen LogP contribution in [0.5, 0.6) is 0 Å². The molecule has 1 aromatic heterocycles. The molecule has 23 heavy (non-hydrogen) atoms. The van der Waals surface area contributed by atoms with Crippen molar-refractivity contribution in [2.24, 2.45) is 4.99 Å². The first-order valence-corrected chi connectivity index (χ1v) is 7.54. The highest BCUT2D eigenvalue weighted by atomic mass is 79.9. The summed E-state index contributed by atoms with van der Waals surface area (Å²) in [6.07, 6.45) is 0. The minimum absolute atomic E-state index is 0.369. The van der Waals surface area contributed by atoms with Crippen LogP contribution >= 0.6 is 15.9 Å². The predicted octanol–water partition coefficient (Wildman–Crippen LogP) is 2.40. The van der Waals surface area contributed by atoms with Crippen molar-refractivity contribution < 1.29 is 5.11 Å². The molecular formula is C15H12BrN6O-.